The molecule has 0 radical (unpaired) electrons. The van der Waals surface area contributed by atoms with Crippen LogP contribution in [0.3, 0.4) is 0 Å². The third kappa shape index (κ3) is 3.18. The van der Waals surface area contributed by atoms with E-state index in [1.807, 2.05) is 47.4 Å². The Morgan fingerprint density at radius 1 is 0.960 bits per heavy atom. The lowest BCUT2D eigenvalue weighted by atomic mass is 10.0. The smallest absolute Gasteiger partial charge is 0.256 e. The molecule has 3 heterocycles. The first kappa shape index (κ1) is 15.6. The topological polar surface area (TPSA) is 61.9 Å². The second kappa shape index (κ2) is 6.89. The summed E-state index contributed by atoms with van der Waals surface area (Å²) in [4.78, 5) is 19.4. The van der Waals surface area contributed by atoms with Gasteiger partial charge in [0.05, 0.1) is 17.0 Å². The Kier molecular flexibility index (Phi) is 4.29. The molecule has 1 fully saturated rings. The average molecular weight is 332 g/mol. The molecule has 5 heteroatoms. The molecule has 1 aliphatic rings. The standard InChI is InChI=1S/C20H20N4O/c25-20(24-12-2-1-3-13-24)17-8-5-10-21-19(17)16-7-4-6-15(14-16)18-9-11-22-23-18/h4-11,14H,1-3,12-13H2,(H,22,23). The van der Waals surface area contributed by atoms with Crippen molar-refractivity contribution in [1.29, 1.82) is 0 Å². The molecule has 0 spiro atoms. The van der Waals surface area contributed by atoms with Gasteiger partial charge in [0.15, 0.2) is 0 Å². The van der Waals surface area contributed by atoms with Gasteiger partial charge >= 0.3 is 0 Å². The van der Waals surface area contributed by atoms with E-state index in [-0.39, 0.29) is 5.91 Å². The summed E-state index contributed by atoms with van der Waals surface area (Å²) in [6.45, 7) is 1.67. The van der Waals surface area contributed by atoms with E-state index in [9.17, 15) is 4.79 Å². The van der Waals surface area contributed by atoms with E-state index in [0.29, 0.717) is 5.56 Å². The summed E-state index contributed by atoms with van der Waals surface area (Å²) in [5, 5.41) is 6.98. The fourth-order valence-electron chi connectivity index (χ4n) is 3.33. The minimum Gasteiger partial charge on any atom is -0.339 e. The van der Waals surface area contributed by atoms with Gasteiger partial charge in [-0.25, -0.2) is 0 Å². The van der Waals surface area contributed by atoms with E-state index in [1.54, 1.807) is 12.4 Å². The van der Waals surface area contributed by atoms with Crippen LogP contribution in [-0.2, 0) is 0 Å². The molecule has 1 N–H and O–H groups in total. The van der Waals surface area contributed by atoms with Crippen molar-refractivity contribution in [1.82, 2.24) is 20.1 Å². The fourth-order valence-corrected chi connectivity index (χ4v) is 3.33. The SMILES string of the molecule is O=C(c1cccnc1-c1cccc(-c2ccn[nH]2)c1)N1CCCCC1. The number of likely N-dealkylation sites (tertiary alicyclic amines) is 1. The Hall–Kier alpha value is -2.95. The highest BCUT2D eigenvalue weighted by Crippen LogP contribution is 2.27. The molecule has 126 valence electrons. The summed E-state index contributed by atoms with van der Waals surface area (Å²) in [7, 11) is 0. The molecule has 2 aromatic heterocycles. The van der Waals surface area contributed by atoms with Crippen LogP contribution in [0, 0.1) is 0 Å². The van der Waals surface area contributed by atoms with Crippen LogP contribution in [0.25, 0.3) is 22.5 Å². The van der Waals surface area contributed by atoms with Crippen LogP contribution >= 0.6 is 0 Å². The number of aromatic amines is 1. The monoisotopic (exact) mass is 332 g/mol. The van der Waals surface area contributed by atoms with Crippen molar-refractivity contribution in [2.45, 2.75) is 19.3 Å². The fraction of sp³-hybridized carbons (Fsp3) is 0.250. The Morgan fingerprint density at radius 3 is 2.60 bits per heavy atom. The Bertz CT molecular complexity index is 867. The molecule has 1 saturated heterocycles. The van der Waals surface area contributed by atoms with E-state index in [0.717, 1.165) is 48.4 Å². The van der Waals surface area contributed by atoms with Gasteiger partial charge in [-0.05, 0) is 43.5 Å². The second-order valence-electron chi connectivity index (χ2n) is 6.30. The molecule has 25 heavy (non-hydrogen) atoms. The number of rotatable bonds is 3. The van der Waals surface area contributed by atoms with Gasteiger partial charge in [-0.3, -0.25) is 14.9 Å². The zero-order valence-electron chi connectivity index (χ0n) is 14.0. The molecule has 3 aromatic rings. The van der Waals surface area contributed by atoms with Crippen LogP contribution in [0.2, 0.25) is 0 Å². The summed E-state index contributed by atoms with van der Waals surface area (Å²) in [5.74, 6) is 0.0785. The maximum atomic E-state index is 13.0. The normalized spacial score (nSPS) is 14.5. The molecule has 5 nitrogen and oxygen atoms in total. The molecule has 4 rings (SSSR count). The minimum absolute atomic E-state index is 0.0785. The Labute approximate surface area is 146 Å². The van der Waals surface area contributed by atoms with Gasteiger partial charge in [0.25, 0.3) is 5.91 Å². The number of hydrogen-bond acceptors (Lipinski definition) is 3. The van der Waals surface area contributed by atoms with E-state index < -0.39 is 0 Å². The van der Waals surface area contributed by atoms with Crippen molar-refractivity contribution in [2.75, 3.05) is 13.1 Å². The summed E-state index contributed by atoms with van der Waals surface area (Å²) < 4.78 is 0. The zero-order chi connectivity index (χ0) is 17.1. The lowest BCUT2D eigenvalue weighted by Gasteiger charge is -2.27. The predicted molar refractivity (Wildman–Crippen MR) is 97.0 cm³/mol. The lowest BCUT2D eigenvalue weighted by Crippen LogP contribution is -2.35. The third-order valence-corrected chi connectivity index (χ3v) is 4.63. The molecule has 0 unspecified atom stereocenters. The van der Waals surface area contributed by atoms with Gasteiger partial charge in [-0.1, -0.05) is 18.2 Å². The number of H-pyrrole nitrogens is 1. The molecule has 1 aromatic carbocycles. The van der Waals surface area contributed by atoms with Gasteiger partial charge < -0.3 is 4.90 Å². The first-order valence-corrected chi connectivity index (χ1v) is 8.67. The molecule has 1 aliphatic heterocycles. The first-order valence-electron chi connectivity index (χ1n) is 8.67. The number of carbonyl (C=O) groups excluding carboxylic acids is 1. The molecule has 0 bridgehead atoms. The summed E-state index contributed by atoms with van der Waals surface area (Å²) >= 11 is 0. The van der Waals surface area contributed by atoms with E-state index in [2.05, 4.69) is 15.2 Å². The van der Waals surface area contributed by atoms with Crippen molar-refractivity contribution in [3.05, 3.63) is 60.4 Å². The van der Waals surface area contributed by atoms with Gasteiger partial charge in [-0.2, -0.15) is 5.10 Å². The Balaban J connectivity index is 1.72. The molecular formula is C20H20N4O. The number of amides is 1. The van der Waals surface area contributed by atoms with E-state index in [1.165, 1.54) is 6.42 Å². The van der Waals surface area contributed by atoms with Crippen LogP contribution in [-0.4, -0.2) is 39.1 Å². The van der Waals surface area contributed by atoms with Gasteiger partial charge in [0, 0.05) is 36.6 Å². The van der Waals surface area contributed by atoms with E-state index in [4.69, 9.17) is 0 Å². The van der Waals surface area contributed by atoms with Crippen molar-refractivity contribution >= 4 is 5.91 Å². The first-order chi connectivity index (χ1) is 12.3. The molecule has 0 atom stereocenters. The highest BCUT2D eigenvalue weighted by Gasteiger charge is 2.21. The number of nitrogens with zero attached hydrogens (tertiary/aromatic N) is 3. The zero-order valence-corrected chi connectivity index (χ0v) is 14.0. The van der Waals surface area contributed by atoms with Crippen LogP contribution in [0.15, 0.2) is 54.9 Å². The largest absolute Gasteiger partial charge is 0.339 e. The molecule has 0 aliphatic carbocycles. The number of hydrogen-bond donors (Lipinski definition) is 1. The quantitative estimate of drug-likeness (QED) is 0.794. The summed E-state index contributed by atoms with van der Waals surface area (Å²) in [5.41, 5.74) is 4.32. The predicted octanol–water partition coefficient (Wildman–Crippen LogP) is 3.76. The number of carbonyl (C=O) groups is 1. The van der Waals surface area contributed by atoms with Crippen LogP contribution in [0.4, 0.5) is 0 Å². The number of pyridine rings is 1. The lowest BCUT2D eigenvalue weighted by molar-refractivity contribution is 0.0725. The van der Waals surface area contributed by atoms with Crippen molar-refractivity contribution in [3.63, 3.8) is 0 Å². The van der Waals surface area contributed by atoms with Crippen LogP contribution in [0.1, 0.15) is 29.6 Å². The van der Waals surface area contributed by atoms with Crippen molar-refractivity contribution in [2.24, 2.45) is 0 Å². The number of nitrogens with one attached hydrogen (secondary N) is 1. The number of aromatic nitrogens is 3. The second-order valence-corrected chi connectivity index (χ2v) is 6.30. The van der Waals surface area contributed by atoms with Crippen molar-refractivity contribution < 1.29 is 4.79 Å². The minimum atomic E-state index is 0.0785. The summed E-state index contributed by atoms with van der Waals surface area (Å²) in [6.07, 6.45) is 6.84. The van der Waals surface area contributed by atoms with Gasteiger partial charge in [-0.15, -0.1) is 0 Å². The Morgan fingerprint density at radius 2 is 1.80 bits per heavy atom. The van der Waals surface area contributed by atoms with Gasteiger partial charge in [0.2, 0.25) is 0 Å². The molecule has 1 amide bonds. The third-order valence-electron chi connectivity index (χ3n) is 4.63. The van der Waals surface area contributed by atoms with Crippen molar-refractivity contribution in [3.8, 4) is 22.5 Å². The number of piperidine rings is 1. The molecular weight excluding hydrogens is 312 g/mol. The van der Waals surface area contributed by atoms with Crippen LogP contribution < -0.4 is 0 Å². The average Bonchev–Trinajstić information content (AvgIpc) is 3.23. The molecule has 0 saturated carbocycles. The van der Waals surface area contributed by atoms with Gasteiger partial charge in [0.1, 0.15) is 0 Å². The van der Waals surface area contributed by atoms with E-state index >= 15 is 0 Å². The maximum absolute atomic E-state index is 13.0. The number of benzene rings is 1. The highest BCUT2D eigenvalue weighted by atomic mass is 16.2. The maximum Gasteiger partial charge on any atom is 0.256 e. The highest BCUT2D eigenvalue weighted by molar-refractivity contribution is 6.00. The summed E-state index contributed by atoms with van der Waals surface area (Å²) in [6, 6.07) is 13.7. The van der Waals surface area contributed by atoms with Crippen LogP contribution in [0.5, 0.6) is 0 Å².